The molecule has 44 heavy (non-hydrogen) atoms. The van der Waals surface area contributed by atoms with Gasteiger partial charge in [-0.2, -0.15) is 23.3 Å². The molecule has 0 radical (unpaired) electrons. The molecule has 15 heteroatoms. The minimum absolute atomic E-state index is 0.0322. The van der Waals surface area contributed by atoms with Crippen LogP contribution in [0.3, 0.4) is 0 Å². The van der Waals surface area contributed by atoms with Crippen LogP contribution in [0.4, 0.5) is 23.2 Å². The normalized spacial score (nSPS) is 20.8. The first-order chi connectivity index (χ1) is 21.0. The van der Waals surface area contributed by atoms with Crippen molar-refractivity contribution in [3.63, 3.8) is 0 Å². The van der Waals surface area contributed by atoms with Crippen molar-refractivity contribution in [3.05, 3.63) is 48.1 Å². The molecule has 0 bridgehead atoms. The van der Waals surface area contributed by atoms with Crippen LogP contribution in [-0.2, 0) is 13.1 Å². The highest BCUT2D eigenvalue weighted by molar-refractivity contribution is 5.96. The number of hydrogen-bond acceptors (Lipinski definition) is 8. The van der Waals surface area contributed by atoms with Gasteiger partial charge in [0, 0.05) is 30.4 Å². The minimum Gasteiger partial charge on any atom is -0.379 e. The van der Waals surface area contributed by atoms with Crippen molar-refractivity contribution in [2.45, 2.75) is 56.8 Å². The summed E-state index contributed by atoms with van der Waals surface area (Å²) in [6.07, 6.45) is 0.0126. The number of rotatable bonds is 8. The third-order valence-electron chi connectivity index (χ3n) is 8.39. The van der Waals surface area contributed by atoms with E-state index in [1.807, 2.05) is 16.6 Å². The molecule has 2 saturated heterocycles. The van der Waals surface area contributed by atoms with Crippen molar-refractivity contribution in [1.82, 2.24) is 39.6 Å². The lowest BCUT2D eigenvalue weighted by Gasteiger charge is -2.33. The molecule has 0 saturated carbocycles. The van der Waals surface area contributed by atoms with Crippen LogP contribution in [0.15, 0.2) is 41.2 Å². The van der Waals surface area contributed by atoms with Gasteiger partial charge >= 0.3 is 6.18 Å². The molecule has 236 valence electrons. The predicted octanol–water partition coefficient (Wildman–Crippen LogP) is 4.10. The lowest BCUT2D eigenvalue weighted by Crippen LogP contribution is -2.46. The van der Waals surface area contributed by atoms with Crippen molar-refractivity contribution >= 4 is 22.5 Å². The Bertz CT molecular complexity index is 1610. The van der Waals surface area contributed by atoms with Gasteiger partial charge in [0.05, 0.1) is 41.6 Å². The first-order valence-electron chi connectivity index (χ1n) is 14.7. The summed E-state index contributed by atoms with van der Waals surface area (Å²) in [4.78, 5) is 21.2. The molecule has 2 atom stereocenters. The Morgan fingerprint density at radius 3 is 2.64 bits per heavy atom. The first-order valence-corrected chi connectivity index (χ1v) is 14.7. The fraction of sp³-hybridized carbons (Fsp3) is 0.517. The lowest BCUT2D eigenvalue weighted by atomic mass is 10.0. The number of piperidine rings is 2. The van der Waals surface area contributed by atoms with Crippen LogP contribution < -0.4 is 10.6 Å². The van der Waals surface area contributed by atoms with Gasteiger partial charge < -0.3 is 29.5 Å². The Balaban J connectivity index is 1.20. The summed E-state index contributed by atoms with van der Waals surface area (Å²) in [5.41, 5.74) is 1.30. The van der Waals surface area contributed by atoms with Crippen LogP contribution in [-0.4, -0.2) is 98.9 Å². The van der Waals surface area contributed by atoms with E-state index in [0.29, 0.717) is 35.1 Å². The summed E-state index contributed by atoms with van der Waals surface area (Å²) in [6, 6.07) is 6.24. The van der Waals surface area contributed by atoms with E-state index in [4.69, 9.17) is 4.52 Å². The van der Waals surface area contributed by atoms with Crippen molar-refractivity contribution in [3.8, 4) is 11.5 Å². The zero-order chi connectivity index (χ0) is 31.0. The number of anilines is 1. The highest BCUT2D eigenvalue weighted by atomic mass is 19.4. The molecule has 2 aliphatic heterocycles. The third kappa shape index (κ3) is 6.58. The number of hydrogen-bond donors (Lipinski definition) is 2. The van der Waals surface area contributed by atoms with Gasteiger partial charge in [0.15, 0.2) is 0 Å². The van der Waals surface area contributed by atoms with Crippen LogP contribution in [0.2, 0.25) is 0 Å². The average Bonchev–Trinajstić information content (AvgIpc) is 3.73. The number of alkyl halides is 4. The van der Waals surface area contributed by atoms with Crippen LogP contribution in [0.25, 0.3) is 22.4 Å². The largest absolute Gasteiger partial charge is 0.406 e. The molecule has 0 unspecified atom stereocenters. The number of amides is 1. The topological polar surface area (TPSA) is 109 Å². The van der Waals surface area contributed by atoms with E-state index >= 15 is 0 Å². The van der Waals surface area contributed by atoms with Crippen molar-refractivity contribution < 1.29 is 26.9 Å². The van der Waals surface area contributed by atoms with E-state index in [-0.39, 0.29) is 42.4 Å². The predicted molar refractivity (Wildman–Crippen MR) is 155 cm³/mol. The van der Waals surface area contributed by atoms with Crippen LogP contribution in [0, 0.1) is 0 Å². The molecule has 2 aliphatic rings. The van der Waals surface area contributed by atoms with Gasteiger partial charge in [0.25, 0.3) is 5.91 Å². The molecule has 3 aromatic heterocycles. The number of carbonyl (C=O) groups excluding carboxylic acids is 1. The minimum atomic E-state index is -4.53. The molecule has 1 amide bonds. The number of benzene rings is 1. The highest BCUT2D eigenvalue weighted by Crippen LogP contribution is 2.35. The molecular weight excluding hydrogens is 582 g/mol. The maximum Gasteiger partial charge on any atom is 0.406 e. The monoisotopic (exact) mass is 617 g/mol. The second-order valence-corrected chi connectivity index (χ2v) is 11.7. The van der Waals surface area contributed by atoms with Gasteiger partial charge in [-0.15, -0.1) is 0 Å². The average molecular weight is 618 g/mol. The van der Waals surface area contributed by atoms with E-state index in [9.17, 15) is 22.4 Å². The van der Waals surface area contributed by atoms with E-state index in [0.717, 1.165) is 30.5 Å². The number of halogens is 4. The smallest absolute Gasteiger partial charge is 0.379 e. The maximum atomic E-state index is 14.8. The lowest BCUT2D eigenvalue weighted by molar-refractivity contribution is -0.139. The molecular formula is C29H35F4N9O2. The van der Waals surface area contributed by atoms with Crippen molar-refractivity contribution in [1.29, 1.82) is 0 Å². The van der Waals surface area contributed by atoms with Crippen molar-refractivity contribution in [2.75, 3.05) is 45.6 Å². The van der Waals surface area contributed by atoms with Crippen LogP contribution >= 0.6 is 0 Å². The van der Waals surface area contributed by atoms with Crippen LogP contribution in [0.5, 0.6) is 0 Å². The van der Waals surface area contributed by atoms with E-state index in [2.05, 4.69) is 37.8 Å². The zero-order valence-electron chi connectivity index (χ0n) is 24.5. The first kappa shape index (κ1) is 30.1. The second-order valence-electron chi connectivity index (χ2n) is 11.7. The summed E-state index contributed by atoms with van der Waals surface area (Å²) >= 11 is 0. The van der Waals surface area contributed by atoms with Gasteiger partial charge in [0.1, 0.15) is 12.7 Å². The number of nitrogens with zero attached hydrogens (tertiary/aromatic N) is 7. The van der Waals surface area contributed by atoms with E-state index < -0.39 is 24.9 Å². The Labute approximate surface area is 251 Å². The van der Waals surface area contributed by atoms with Gasteiger partial charge in [-0.05, 0) is 64.6 Å². The molecule has 4 aromatic rings. The number of aromatic nitrogens is 5. The van der Waals surface area contributed by atoms with E-state index in [1.165, 1.54) is 6.20 Å². The quantitative estimate of drug-likeness (QED) is 0.285. The number of likely N-dealkylation sites (tertiary alicyclic amines) is 2. The van der Waals surface area contributed by atoms with Crippen LogP contribution in [0.1, 0.15) is 41.6 Å². The number of fused-ring (bicyclic) bond motifs is 1. The molecule has 11 nitrogen and oxygen atoms in total. The molecule has 2 N–H and O–H groups in total. The standard InChI is InChI=1S/C29H35F4N9O2/c1-39-9-6-19(7-10-39)42-15-18(13-35-42)28(43)34-14-26-37-27(38-44-26)25-12-20-22(36-23-8-11-40(2)16-21(23)30)4-3-5-24(20)41(25)17-29(31,32)33/h3-5,12-13,15,19,21,23,36H,6-11,14,16-17H2,1-2H3,(H,34,43)/t21-,23+/m0/s1. The molecule has 0 aliphatic carbocycles. The van der Waals surface area contributed by atoms with Gasteiger partial charge in [-0.1, -0.05) is 11.2 Å². The molecule has 5 heterocycles. The Hall–Kier alpha value is -3.98. The summed E-state index contributed by atoms with van der Waals surface area (Å²) in [7, 11) is 3.92. The Kier molecular flexibility index (Phi) is 8.33. The third-order valence-corrected chi connectivity index (χ3v) is 8.39. The molecule has 6 rings (SSSR count). The number of nitrogens with one attached hydrogen (secondary N) is 2. The number of carbonyl (C=O) groups is 1. The SMILES string of the molecule is CN1CCC(n2cc(C(=O)NCc3nc(-c4cc5c(N[C@@H]6CCN(C)C[C@@H]6F)cccc5n4CC(F)(F)F)no3)cn2)CC1. The summed E-state index contributed by atoms with van der Waals surface area (Å²) in [5, 5.41) is 14.7. The Morgan fingerprint density at radius 2 is 1.89 bits per heavy atom. The second kappa shape index (κ2) is 12.2. The Morgan fingerprint density at radius 1 is 1.11 bits per heavy atom. The zero-order valence-corrected chi connectivity index (χ0v) is 24.5. The fourth-order valence-corrected chi connectivity index (χ4v) is 5.97. The van der Waals surface area contributed by atoms with Gasteiger partial charge in [0.2, 0.25) is 11.7 Å². The van der Waals surface area contributed by atoms with Gasteiger partial charge in [-0.3, -0.25) is 9.48 Å². The van der Waals surface area contributed by atoms with Gasteiger partial charge in [-0.25, -0.2) is 4.39 Å². The molecule has 1 aromatic carbocycles. The van der Waals surface area contributed by atoms with E-state index in [1.54, 1.807) is 30.5 Å². The maximum absolute atomic E-state index is 14.8. The molecule has 0 spiro atoms. The summed E-state index contributed by atoms with van der Waals surface area (Å²) < 4.78 is 64.1. The highest BCUT2D eigenvalue weighted by Gasteiger charge is 2.32. The summed E-state index contributed by atoms with van der Waals surface area (Å²) in [5.74, 6) is -0.408. The summed E-state index contributed by atoms with van der Waals surface area (Å²) in [6.45, 7) is 1.50. The van der Waals surface area contributed by atoms with Crippen molar-refractivity contribution in [2.24, 2.45) is 0 Å². The fourth-order valence-electron chi connectivity index (χ4n) is 5.97. The molecule has 2 fully saturated rings.